The molecule has 5 rings (SSSR count). The van der Waals surface area contributed by atoms with Gasteiger partial charge in [-0.05, 0) is 61.1 Å². The number of pyridine rings is 1. The van der Waals surface area contributed by atoms with Crippen molar-refractivity contribution in [3.05, 3.63) is 118 Å². The number of carbonyl (C=O) groups is 1. The van der Waals surface area contributed by atoms with E-state index in [4.69, 9.17) is 0 Å². The molecule has 0 saturated heterocycles. The first kappa shape index (κ1) is 24.3. The number of halogens is 1. The normalized spacial score (nSPS) is 11.2. The molecule has 0 fully saturated rings. The second-order valence-corrected chi connectivity index (χ2v) is 9.12. The molecule has 3 heterocycles. The number of aryl methyl sites for hydroxylation is 3. The Morgan fingerprint density at radius 1 is 0.946 bits per heavy atom. The van der Waals surface area contributed by atoms with E-state index in [9.17, 15) is 14.0 Å². The van der Waals surface area contributed by atoms with Crippen LogP contribution in [0, 0.1) is 5.82 Å². The van der Waals surface area contributed by atoms with E-state index in [0.717, 1.165) is 27.7 Å². The summed E-state index contributed by atoms with van der Waals surface area (Å²) in [5.74, 6) is -0.296. The largest absolute Gasteiger partial charge is 0.358 e. The number of ketones is 1. The first-order chi connectivity index (χ1) is 18.1. The lowest BCUT2D eigenvalue weighted by molar-refractivity contribution is -0.119. The molecule has 0 saturated carbocycles. The smallest absolute Gasteiger partial charge is 0.273 e. The molecule has 0 spiro atoms. The predicted molar refractivity (Wildman–Crippen MR) is 142 cm³/mol. The van der Waals surface area contributed by atoms with Crippen LogP contribution in [0.3, 0.4) is 0 Å². The van der Waals surface area contributed by atoms with Crippen LogP contribution in [0.25, 0.3) is 22.2 Å². The van der Waals surface area contributed by atoms with Gasteiger partial charge in [-0.1, -0.05) is 42.5 Å². The minimum Gasteiger partial charge on any atom is -0.358 e. The molecule has 5 aromatic rings. The van der Waals surface area contributed by atoms with Gasteiger partial charge in [0.15, 0.2) is 5.78 Å². The third-order valence-electron chi connectivity index (χ3n) is 6.47. The zero-order valence-corrected chi connectivity index (χ0v) is 20.4. The van der Waals surface area contributed by atoms with Gasteiger partial charge in [-0.15, -0.1) is 0 Å². The van der Waals surface area contributed by atoms with E-state index in [1.165, 1.54) is 12.1 Å². The van der Waals surface area contributed by atoms with Crippen LogP contribution >= 0.6 is 0 Å². The number of hydrogen-bond donors (Lipinski definition) is 1. The molecule has 0 radical (unpaired) electrons. The lowest BCUT2D eigenvalue weighted by atomic mass is 10.1. The second-order valence-electron chi connectivity index (χ2n) is 9.12. The van der Waals surface area contributed by atoms with Crippen LogP contribution in [0.2, 0.25) is 0 Å². The van der Waals surface area contributed by atoms with Crippen molar-refractivity contribution >= 4 is 16.7 Å². The minimum absolute atomic E-state index is 0.0155. The van der Waals surface area contributed by atoms with Gasteiger partial charge in [-0.3, -0.25) is 24.1 Å². The molecule has 0 unspecified atom stereocenters. The number of rotatable bonds is 10. The highest BCUT2D eigenvalue weighted by atomic mass is 19.1. The number of nitrogens with zero attached hydrogens (tertiary/aromatic N) is 3. The number of H-pyrrole nitrogens is 1. The topological polar surface area (TPSA) is 80.6 Å². The molecule has 0 aliphatic carbocycles. The number of fused-ring (bicyclic) bond motifs is 1. The Morgan fingerprint density at radius 2 is 1.76 bits per heavy atom. The highest BCUT2D eigenvalue weighted by molar-refractivity contribution is 5.81. The highest BCUT2D eigenvalue weighted by Gasteiger charge is 2.15. The molecule has 3 aromatic heterocycles. The number of Topliss-reactive ketones (excluding diaryl/α,β-unsaturated/α-hetero) is 1. The standard InChI is InChI=1S/C30H27FN4O2/c31-24-11-9-21(10-12-24)5-4-8-28-30(37)35(29(19-33-28)22-6-2-1-3-7-22)20-26(36)14-13-25-17-23-18-32-16-15-27(23)34-25/h1-3,6-7,9-12,15-19,34H,4-5,8,13-14,20H2. The van der Waals surface area contributed by atoms with Gasteiger partial charge in [0.25, 0.3) is 5.56 Å². The number of benzene rings is 2. The van der Waals surface area contributed by atoms with Gasteiger partial charge in [0, 0.05) is 35.4 Å². The molecule has 7 heteroatoms. The summed E-state index contributed by atoms with van der Waals surface area (Å²) in [7, 11) is 0. The Hall–Kier alpha value is -4.39. The first-order valence-electron chi connectivity index (χ1n) is 12.4. The fourth-order valence-corrected chi connectivity index (χ4v) is 4.50. The van der Waals surface area contributed by atoms with Crippen molar-refractivity contribution < 1.29 is 9.18 Å². The van der Waals surface area contributed by atoms with E-state index in [1.54, 1.807) is 35.3 Å². The third kappa shape index (κ3) is 5.89. The van der Waals surface area contributed by atoms with E-state index >= 15 is 0 Å². The molecule has 6 nitrogen and oxygen atoms in total. The minimum atomic E-state index is -0.268. The average Bonchev–Trinajstić information content (AvgIpc) is 3.34. The van der Waals surface area contributed by atoms with Gasteiger partial charge in [-0.25, -0.2) is 4.39 Å². The van der Waals surface area contributed by atoms with Crippen molar-refractivity contribution in [3.8, 4) is 11.3 Å². The summed E-state index contributed by atoms with van der Waals surface area (Å²) in [5.41, 5.74) is 4.59. The fraction of sp³-hybridized carbons (Fsp3) is 0.200. The first-order valence-corrected chi connectivity index (χ1v) is 12.4. The monoisotopic (exact) mass is 494 g/mol. The number of nitrogens with one attached hydrogen (secondary N) is 1. The number of aromatic amines is 1. The average molecular weight is 495 g/mol. The molecular weight excluding hydrogens is 467 g/mol. The van der Waals surface area contributed by atoms with Crippen LogP contribution in [0.4, 0.5) is 4.39 Å². The number of hydrogen-bond acceptors (Lipinski definition) is 4. The van der Waals surface area contributed by atoms with Crippen molar-refractivity contribution in [3.63, 3.8) is 0 Å². The predicted octanol–water partition coefficient (Wildman–Crippen LogP) is 5.30. The van der Waals surface area contributed by atoms with Crippen molar-refractivity contribution in [2.24, 2.45) is 0 Å². The second kappa shape index (κ2) is 11.1. The van der Waals surface area contributed by atoms with Crippen molar-refractivity contribution in [2.75, 3.05) is 0 Å². The van der Waals surface area contributed by atoms with Crippen LogP contribution < -0.4 is 5.56 Å². The zero-order chi connectivity index (χ0) is 25.6. The zero-order valence-electron chi connectivity index (χ0n) is 20.4. The van der Waals surface area contributed by atoms with E-state index in [0.29, 0.717) is 43.5 Å². The van der Waals surface area contributed by atoms with E-state index < -0.39 is 0 Å². The van der Waals surface area contributed by atoms with Crippen LogP contribution in [-0.2, 0) is 30.6 Å². The third-order valence-corrected chi connectivity index (χ3v) is 6.47. The number of aromatic nitrogens is 4. The molecule has 0 bridgehead atoms. The summed E-state index contributed by atoms with van der Waals surface area (Å²) in [6.07, 6.45) is 7.94. The van der Waals surface area contributed by atoms with Gasteiger partial charge < -0.3 is 4.98 Å². The van der Waals surface area contributed by atoms with Gasteiger partial charge in [0.2, 0.25) is 0 Å². The van der Waals surface area contributed by atoms with Crippen LogP contribution in [0.1, 0.15) is 29.8 Å². The summed E-state index contributed by atoms with van der Waals surface area (Å²) < 4.78 is 14.7. The summed E-state index contributed by atoms with van der Waals surface area (Å²) >= 11 is 0. The van der Waals surface area contributed by atoms with E-state index in [-0.39, 0.29) is 23.7 Å². The fourth-order valence-electron chi connectivity index (χ4n) is 4.50. The van der Waals surface area contributed by atoms with Gasteiger partial charge >= 0.3 is 0 Å². The maximum absolute atomic E-state index is 13.5. The van der Waals surface area contributed by atoms with Gasteiger partial charge in [0.1, 0.15) is 11.5 Å². The quantitative estimate of drug-likeness (QED) is 0.286. The molecule has 0 atom stereocenters. The molecule has 0 amide bonds. The van der Waals surface area contributed by atoms with Crippen LogP contribution in [0.15, 0.2) is 90.1 Å². The van der Waals surface area contributed by atoms with Gasteiger partial charge in [-0.2, -0.15) is 0 Å². The summed E-state index contributed by atoms with van der Waals surface area (Å²) in [6.45, 7) is -0.0155. The number of carbonyl (C=O) groups excluding carboxylic acids is 1. The summed E-state index contributed by atoms with van der Waals surface area (Å²) in [4.78, 5) is 38.4. The Morgan fingerprint density at radius 3 is 2.54 bits per heavy atom. The molecule has 0 aliphatic heterocycles. The van der Waals surface area contributed by atoms with Crippen LogP contribution in [-0.4, -0.2) is 25.3 Å². The molecule has 186 valence electrons. The Balaban J connectivity index is 1.32. The highest BCUT2D eigenvalue weighted by Crippen LogP contribution is 2.19. The van der Waals surface area contributed by atoms with E-state index in [1.807, 2.05) is 42.5 Å². The SMILES string of the molecule is O=C(CCc1cc2cnccc2[nH]1)Cn1c(-c2ccccc2)cnc(CCCc2ccc(F)cc2)c1=O. The Labute approximate surface area is 213 Å². The van der Waals surface area contributed by atoms with Crippen LogP contribution in [0.5, 0.6) is 0 Å². The lowest BCUT2D eigenvalue weighted by Gasteiger charge is -2.14. The van der Waals surface area contributed by atoms with Crippen molar-refractivity contribution in [1.29, 1.82) is 0 Å². The molecule has 0 aliphatic rings. The maximum Gasteiger partial charge on any atom is 0.273 e. The summed E-state index contributed by atoms with van der Waals surface area (Å²) in [5, 5.41) is 1.01. The molecule has 1 N–H and O–H groups in total. The molecule has 2 aromatic carbocycles. The molecule has 37 heavy (non-hydrogen) atoms. The van der Waals surface area contributed by atoms with Crippen molar-refractivity contribution in [1.82, 2.24) is 19.5 Å². The Bertz CT molecular complexity index is 1540. The van der Waals surface area contributed by atoms with Gasteiger partial charge in [0.05, 0.1) is 18.4 Å². The van der Waals surface area contributed by atoms with E-state index in [2.05, 4.69) is 15.0 Å². The molecular formula is C30H27FN4O2. The lowest BCUT2D eigenvalue weighted by Crippen LogP contribution is -2.29. The summed E-state index contributed by atoms with van der Waals surface area (Å²) in [6, 6.07) is 19.8. The Kier molecular flexibility index (Phi) is 7.31. The maximum atomic E-state index is 13.5. The van der Waals surface area contributed by atoms with Crippen molar-refractivity contribution in [2.45, 2.75) is 38.6 Å².